The maximum atomic E-state index is 12.4. The van der Waals surface area contributed by atoms with Crippen LogP contribution in [0.2, 0.25) is 0 Å². The van der Waals surface area contributed by atoms with Crippen LogP contribution in [0.1, 0.15) is 74.6 Å². The average molecular weight is 320 g/mol. The number of hydrogen-bond donors (Lipinski definition) is 1. The molecule has 1 unspecified atom stereocenters. The molecular weight excluding hydrogens is 292 g/mol. The van der Waals surface area contributed by atoms with Gasteiger partial charge in [-0.1, -0.05) is 53.2 Å². The minimum absolute atomic E-state index is 0.0210. The van der Waals surface area contributed by atoms with Gasteiger partial charge in [0, 0.05) is 0 Å². The first-order valence-corrected chi connectivity index (χ1v) is 8.16. The van der Waals surface area contributed by atoms with Crippen molar-refractivity contribution in [3.05, 3.63) is 35.4 Å². The van der Waals surface area contributed by atoms with Crippen molar-refractivity contribution in [2.45, 2.75) is 60.0 Å². The van der Waals surface area contributed by atoms with Crippen LogP contribution in [0.15, 0.2) is 24.3 Å². The third-order valence-corrected chi connectivity index (χ3v) is 3.84. The Morgan fingerprint density at radius 1 is 1.09 bits per heavy atom. The van der Waals surface area contributed by atoms with Crippen molar-refractivity contribution in [3.63, 3.8) is 0 Å². The highest BCUT2D eigenvalue weighted by atomic mass is 16.5. The molecule has 0 aliphatic rings. The average Bonchev–Trinajstić information content (AvgIpc) is 2.44. The quantitative estimate of drug-likeness (QED) is 0.734. The molecule has 0 heterocycles. The van der Waals surface area contributed by atoms with Gasteiger partial charge in [-0.2, -0.15) is 0 Å². The fourth-order valence-electron chi connectivity index (χ4n) is 2.42. The molecule has 0 aliphatic carbocycles. The van der Waals surface area contributed by atoms with Crippen molar-refractivity contribution in [1.29, 1.82) is 0 Å². The number of esters is 1. The first kappa shape index (κ1) is 19.2. The summed E-state index contributed by atoms with van der Waals surface area (Å²) in [4.78, 5) is 23.7. The fraction of sp³-hybridized carbons (Fsp3) is 0.579. The molecule has 128 valence electrons. The zero-order valence-electron chi connectivity index (χ0n) is 14.8. The van der Waals surface area contributed by atoms with Crippen LogP contribution < -0.4 is 0 Å². The highest BCUT2D eigenvalue weighted by Gasteiger charge is 2.29. The van der Waals surface area contributed by atoms with Gasteiger partial charge in [0.05, 0.1) is 11.1 Å². The van der Waals surface area contributed by atoms with Crippen LogP contribution in [0.25, 0.3) is 0 Å². The van der Waals surface area contributed by atoms with Crippen molar-refractivity contribution in [2.75, 3.05) is 0 Å². The first-order valence-electron chi connectivity index (χ1n) is 8.16. The second-order valence-corrected chi connectivity index (χ2v) is 7.44. The molecule has 1 aromatic carbocycles. The summed E-state index contributed by atoms with van der Waals surface area (Å²) < 4.78 is 5.67. The summed E-state index contributed by atoms with van der Waals surface area (Å²) in [6, 6.07) is 6.17. The van der Waals surface area contributed by atoms with Gasteiger partial charge >= 0.3 is 11.9 Å². The molecule has 1 rings (SSSR count). The van der Waals surface area contributed by atoms with E-state index in [0.717, 1.165) is 19.3 Å². The Morgan fingerprint density at radius 3 is 2.13 bits per heavy atom. The van der Waals surface area contributed by atoms with Crippen molar-refractivity contribution in [3.8, 4) is 0 Å². The molecule has 0 fully saturated rings. The number of carbonyl (C=O) groups is 2. The third kappa shape index (κ3) is 6.05. The van der Waals surface area contributed by atoms with Crippen LogP contribution in [0, 0.1) is 11.3 Å². The Morgan fingerprint density at radius 2 is 1.65 bits per heavy atom. The number of benzene rings is 1. The van der Waals surface area contributed by atoms with Gasteiger partial charge in [0.2, 0.25) is 0 Å². The minimum Gasteiger partial charge on any atom is -0.478 e. The predicted octanol–water partition coefficient (Wildman–Crippen LogP) is 4.78. The van der Waals surface area contributed by atoms with E-state index in [4.69, 9.17) is 4.74 Å². The smallest absolute Gasteiger partial charge is 0.339 e. The van der Waals surface area contributed by atoms with E-state index in [1.54, 1.807) is 12.1 Å². The third-order valence-electron chi connectivity index (χ3n) is 3.84. The lowest BCUT2D eigenvalue weighted by atomic mass is 9.85. The predicted molar refractivity (Wildman–Crippen MR) is 90.7 cm³/mol. The van der Waals surface area contributed by atoms with E-state index in [9.17, 15) is 14.7 Å². The fourth-order valence-corrected chi connectivity index (χ4v) is 2.42. The standard InChI is InChI=1S/C19H28O4/c1-13(2)9-8-12-16(19(3,4)5)23-18(22)15-11-7-6-10-14(15)17(20)21/h6-7,10-11,13,16H,8-9,12H2,1-5H3,(H,20,21). The summed E-state index contributed by atoms with van der Waals surface area (Å²) in [5.41, 5.74) is -0.101. The SMILES string of the molecule is CC(C)CCCC(OC(=O)c1ccccc1C(=O)O)C(C)(C)C. The molecule has 4 heteroatoms. The summed E-state index contributed by atoms with van der Waals surface area (Å²) in [6.45, 7) is 10.4. The number of carbonyl (C=O) groups excluding carboxylic acids is 1. The van der Waals surface area contributed by atoms with E-state index < -0.39 is 11.9 Å². The van der Waals surface area contributed by atoms with Gasteiger partial charge in [-0.3, -0.25) is 0 Å². The molecule has 1 N–H and O–H groups in total. The van der Waals surface area contributed by atoms with Crippen LogP contribution in [-0.4, -0.2) is 23.1 Å². The number of ether oxygens (including phenoxy) is 1. The molecule has 0 amide bonds. The summed E-state index contributed by atoms with van der Waals surface area (Å²) >= 11 is 0. The second kappa shape index (κ2) is 8.14. The Labute approximate surface area is 138 Å². The normalized spacial score (nSPS) is 13.0. The van der Waals surface area contributed by atoms with Crippen LogP contribution in [0.5, 0.6) is 0 Å². The first-order chi connectivity index (χ1) is 10.6. The lowest BCUT2D eigenvalue weighted by Crippen LogP contribution is -2.32. The van der Waals surface area contributed by atoms with Crippen LogP contribution in [0.3, 0.4) is 0 Å². The molecule has 0 saturated heterocycles. The second-order valence-electron chi connectivity index (χ2n) is 7.44. The highest BCUT2D eigenvalue weighted by Crippen LogP contribution is 2.28. The molecule has 0 saturated carbocycles. The van der Waals surface area contributed by atoms with Gasteiger partial charge in [-0.05, 0) is 36.3 Å². The number of carboxylic acid groups (broad SMARTS) is 1. The minimum atomic E-state index is -1.12. The van der Waals surface area contributed by atoms with Gasteiger partial charge in [-0.25, -0.2) is 9.59 Å². The molecule has 0 radical (unpaired) electrons. The molecule has 0 spiro atoms. The van der Waals surface area contributed by atoms with Crippen LogP contribution in [0.4, 0.5) is 0 Å². The molecule has 0 aliphatic heterocycles. The lowest BCUT2D eigenvalue weighted by Gasteiger charge is -2.30. The van der Waals surface area contributed by atoms with Crippen LogP contribution in [-0.2, 0) is 4.74 Å². The van der Waals surface area contributed by atoms with Crippen molar-refractivity contribution in [2.24, 2.45) is 11.3 Å². The zero-order chi connectivity index (χ0) is 17.6. The Balaban J connectivity index is 2.87. The van der Waals surface area contributed by atoms with E-state index in [1.807, 2.05) is 20.8 Å². The Hall–Kier alpha value is -1.84. The monoisotopic (exact) mass is 320 g/mol. The number of hydrogen-bond acceptors (Lipinski definition) is 3. The van der Waals surface area contributed by atoms with Gasteiger partial charge in [-0.15, -0.1) is 0 Å². The highest BCUT2D eigenvalue weighted by molar-refractivity contribution is 6.02. The molecule has 1 aromatic rings. The van der Waals surface area contributed by atoms with E-state index in [2.05, 4.69) is 13.8 Å². The maximum absolute atomic E-state index is 12.4. The number of aromatic carboxylic acids is 1. The van der Waals surface area contributed by atoms with Crippen LogP contribution >= 0.6 is 0 Å². The number of carboxylic acids is 1. The summed E-state index contributed by atoms with van der Waals surface area (Å²) in [7, 11) is 0. The van der Waals surface area contributed by atoms with Crippen molar-refractivity contribution in [1.82, 2.24) is 0 Å². The Bertz CT molecular complexity index is 541. The van der Waals surface area contributed by atoms with Crippen molar-refractivity contribution < 1.29 is 19.4 Å². The van der Waals surface area contributed by atoms with E-state index in [1.165, 1.54) is 12.1 Å². The maximum Gasteiger partial charge on any atom is 0.339 e. The molecule has 0 aromatic heterocycles. The molecule has 0 bridgehead atoms. The molecule has 23 heavy (non-hydrogen) atoms. The summed E-state index contributed by atoms with van der Waals surface area (Å²) in [6.07, 6.45) is 2.60. The number of rotatable bonds is 7. The van der Waals surface area contributed by atoms with Gasteiger partial charge in [0.1, 0.15) is 6.10 Å². The molecule has 4 nitrogen and oxygen atoms in total. The molecular formula is C19H28O4. The Kier molecular flexibility index (Phi) is 6.79. The van der Waals surface area contributed by atoms with Crippen molar-refractivity contribution >= 4 is 11.9 Å². The summed E-state index contributed by atoms with van der Waals surface area (Å²) in [5.74, 6) is -1.07. The van der Waals surface area contributed by atoms with Gasteiger partial charge in [0.15, 0.2) is 0 Å². The van der Waals surface area contributed by atoms with E-state index >= 15 is 0 Å². The largest absolute Gasteiger partial charge is 0.478 e. The summed E-state index contributed by atoms with van der Waals surface area (Å²) in [5, 5.41) is 9.20. The van der Waals surface area contributed by atoms with E-state index in [-0.39, 0.29) is 22.6 Å². The lowest BCUT2D eigenvalue weighted by molar-refractivity contribution is -0.00734. The van der Waals surface area contributed by atoms with Gasteiger partial charge < -0.3 is 9.84 Å². The topological polar surface area (TPSA) is 63.6 Å². The molecule has 1 atom stereocenters. The van der Waals surface area contributed by atoms with Gasteiger partial charge in [0.25, 0.3) is 0 Å². The van der Waals surface area contributed by atoms with E-state index in [0.29, 0.717) is 5.92 Å². The zero-order valence-corrected chi connectivity index (χ0v) is 14.8.